The molecule has 0 N–H and O–H groups in total. The van der Waals surface area contributed by atoms with Crippen LogP contribution in [0.1, 0.15) is 44.2 Å². The van der Waals surface area contributed by atoms with Crippen LogP contribution in [-0.2, 0) is 11.8 Å². The first-order valence-electron chi connectivity index (χ1n) is 8.53. The van der Waals surface area contributed by atoms with Gasteiger partial charge in [-0.05, 0) is 43.4 Å². The number of carbonyl (C=O) groups is 1. The molecule has 1 aromatic carbocycles. The Balaban J connectivity index is 1.88. The molecule has 1 aliphatic rings. The fourth-order valence-corrected chi connectivity index (χ4v) is 3.21. The zero-order valence-electron chi connectivity index (χ0n) is 14.6. The number of ether oxygens (including phenoxy) is 1. The second-order valence-electron chi connectivity index (χ2n) is 6.59. The summed E-state index contributed by atoms with van der Waals surface area (Å²) in [4.78, 5) is 14.9. The quantitative estimate of drug-likeness (QED) is 0.812. The minimum Gasteiger partial charge on any atom is -0.497 e. The second-order valence-corrected chi connectivity index (χ2v) is 6.59. The van der Waals surface area contributed by atoms with Crippen LogP contribution in [0.2, 0.25) is 0 Å². The van der Waals surface area contributed by atoms with E-state index >= 15 is 0 Å². The van der Waals surface area contributed by atoms with E-state index in [1.165, 1.54) is 19.3 Å². The van der Waals surface area contributed by atoms with Gasteiger partial charge in [0.25, 0.3) is 0 Å². The van der Waals surface area contributed by atoms with Gasteiger partial charge in [-0.1, -0.05) is 18.6 Å². The van der Waals surface area contributed by atoms with Crippen LogP contribution in [0.3, 0.4) is 0 Å². The largest absolute Gasteiger partial charge is 0.497 e. The van der Waals surface area contributed by atoms with Gasteiger partial charge in [0.15, 0.2) is 0 Å². The predicted molar refractivity (Wildman–Crippen MR) is 94.1 cm³/mol. The number of hydrogen-bond acceptors (Lipinski definition) is 3. The Hall–Kier alpha value is -2.30. The lowest BCUT2D eigenvalue weighted by molar-refractivity contribution is -0.120. The van der Waals surface area contributed by atoms with Gasteiger partial charge in [-0.15, -0.1) is 0 Å². The third-order valence-corrected chi connectivity index (χ3v) is 4.89. The average Bonchev–Trinajstić information content (AvgIpc) is 2.97. The predicted octanol–water partition coefficient (Wildman–Crippen LogP) is 3.71. The van der Waals surface area contributed by atoms with Crippen molar-refractivity contribution in [2.45, 2.75) is 38.6 Å². The van der Waals surface area contributed by atoms with Gasteiger partial charge in [0.2, 0.25) is 5.91 Å². The van der Waals surface area contributed by atoms with Crippen molar-refractivity contribution in [3.05, 3.63) is 42.2 Å². The zero-order valence-corrected chi connectivity index (χ0v) is 14.6. The third-order valence-electron chi connectivity index (χ3n) is 4.89. The molecule has 0 saturated heterocycles. The molecule has 128 valence electrons. The molecule has 5 heteroatoms. The Morgan fingerprint density at radius 2 is 2.25 bits per heavy atom. The summed E-state index contributed by atoms with van der Waals surface area (Å²) < 4.78 is 7.06. The molecule has 0 spiro atoms. The molecule has 24 heavy (non-hydrogen) atoms. The van der Waals surface area contributed by atoms with Crippen LogP contribution < -0.4 is 9.64 Å². The van der Waals surface area contributed by atoms with Crippen molar-refractivity contribution in [2.24, 2.45) is 13.0 Å². The first kappa shape index (κ1) is 16.6. The van der Waals surface area contributed by atoms with Crippen molar-refractivity contribution < 1.29 is 9.53 Å². The average molecular weight is 327 g/mol. The van der Waals surface area contributed by atoms with Crippen LogP contribution in [0, 0.1) is 5.92 Å². The fourth-order valence-electron chi connectivity index (χ4n) is 3.21. The minimum absolute atomic E-state index is 0.0723. The molecule has 1 saturated carbocycles. The van der Waals surface area contributed by atoms with Crippen LogP contribution in [0.5, 0.6) is 5.75 Å². The van der Waals surface area contributed by atoms with E-state index in [1.54, 1.807) is 18.0 Å². The number of amides is 1. The molecule has 0 radical (unpaired) electrons. The minimum atomic E-state index is -0.0723. The van der Waals surface area contributed by atoms with Crippen molar-refractivity contribution in [1.82, 2.24) is 9.78 Å². The van der Waals surface area contributed by atoms with Crippen molar-refractivity contribution >= 4 is 11.6 Å². The van der Waals surface area contributed by atoms with Crippen molar-refractivity contribution in [2.75, 3.05) is 12.0 Å². The van der Waals surface area contributed by atoms with E-state index in [4.69, 9.17) is 4.74 Å². The molecular weight excluding hydrogens is 302 g/mol. The molecule has 1 fully saturated rings. The van der Waals surface area contributed by atoms with Gasteiger partial charge in [0.1, 0.15) is 5.75 Å². The monoisotopic (exact) mass is 327 g/mol. The van der Waals surface area contributed by atoms with E-state index in [-0.39, 0.29) is 11.9 Å². The van der Waals surface area contributed by atoms with Crippen molar-refractivity contribution in [3.63, 3.8) is 0 Å². The highest BCUT2D eigenvalue weighted by molar-refractivity contribution is 5.94. The number of nitrogens with zero attached hydrogens (tertiary/aromatic N) is 3. The van der Waals surface area contributed by atoms with Crippen LogP contribution in [0.15, 0.2) is 36.7 Å². The van der Waals surface area contributed by atoms with Gasteiger partial charge in [0.05, 0.1) is 25.0 Å². The molecule has 3 rings (SSSR count). The Bertz CT molecular complexity index is 706. The first-order valence-corrected chi connectivity index (χ1v) is 8.53. The molecule has 1 heterocycles. The van der Waals surface area contributed by atoms with E-state index in [0.29, 0.717) is 12.3 Å². The molecule has 5 nitrogen and oxygen atoms in total. The maximum Gasteiger partial charge on any atom is 0.227 e. The Morgan fingerprint density at radius 1 is 1.46 bits per heavy atom. The summed E-state index contributed by atoms with van der Waals surface area (Å²) >= 11 is 0. The molecule has 0 aliphatic heterocycles. The maximum atomic E-state index is 13.0. The molecule has 1 atom stereocenters. The molecule has 1 aliphatic carbocycles. The molecular formula is C19H25N3O2. The lowest BCUT2D eigenvalue weighted by Gasteiger charge is -2.32. The number of aryl methyl sites for hydroxylation is 1. The smallest absolute Gasteiger partial charge is 0.227 e. The summed E-state index contributed by atoms with van der Waals surface area (Å²) in [6, 6.07) is 7.83. The number of methoxy groups -OCH3 is 1. The first-order chi connectivity index (χ1) is 11.6. The highest BCUT2D eigenvalue weighted by atomic mass is 16.5. The van der Waals surface area contributed by atoms with Crippen LogP contribution in [0.4, 0.5) is 5.69 Å². The summed E-state index contributed by atoms with van der Waals surface area (Å²) in [7, 11) is 3.53. The van der Waals surface area contributed by atoms with E-state index in [9.17, 15) is 4.79 Å². The number of rotatable bonds is 6. The Labute approximate surface area is 143 Å². The second kappa shape index (κ2) is 7.07. The highest BCUT2D eigenvalue weighted by Crippen LogP contribution is 2.34. The Kier molecular flexibility index (Phi) is 4.88. The summed E-state index contributed by atoms with van der Waals surface area (Å²) in [5, 5.41) is 4.24. The standard InChI is InChI=1S/C19H25N3O2/c1-14(16-8-5-9-18(11-16)24-3)22(17-12-20-21(2)13-17)19(23)10-15-6-4-7-15/h5,8-9,11-15H,4,6-7,10H2,1-3H3/t14-/m0/s1. The van der Waals surface area contributed by atoms with E-state index < -0.39 is 0 Å². The van der Waals surface area contributed by atoms with E-state index in [2.05, 4.69) is 12.0 Å². The van der Waals surface area contributed by atoms with Crippen LogP contribution >= 0.6 is 0 Å². The lowest BCUT2D eigenvalue weighted by Crippen LogP contribution is -2.35. The van der Waals surface area contributed by atoms with Crippen LogP contribution in [-0.4, -0.2) is 22.8 Å². The van der Waals surface area contributed by atoms with Gasteiger partial charge in [-0.2, -0.15) is 5.10 Å². The van der Waals surface area contributed by atoms with Gasteiger partial charge in [0, 0.05) is 19.7 Å². The van der Waals surface area contributed by atoms with Crippen LogP contribution in [0.25, 0.3) is 0 Å². The van der Waals surface area contributed by atoms with Gasteiger partial charge in [-0.3, -0.25) is 9.48 Å². The lowest BCUT2D eigenvalue weighted by atomic mass is 9.82. The van der Waals surface area contributed by atoms with Gasteiger partial charge < -0.3 is 9.64 Å². The van der Waals surface area contributed by atoms with Crippen molar-refractivity contribution in [1.29, 1.82) is 0 Å². The van der Waals surface area contributed by atoms with Gasteiger partial charge >= 0.3 is 0 Å². The van der Waals surface area contributed by atoms with E-state index in [1.807, 2.05) is 42.4 Å². The number of carbonyl (C=O) groups excluding carboxylic acids is 1. The molecule has 0 bridgehead atoms. The number of hydrogen-bond donors (Lipinski definition) is 0. The van der Waals surface area contributed by atoms with Gasteiger partial charge in [-0.25, -0.2) is 0 Å². The summed E-state index contributed by atoms with van der Waals surface area (Å²) in [6.45, 7) is 2.06. The summed E-state index contributed by atoms with van der Waals surface area (Å²) in [5.41, 5.74) is 1.90. The highest BCUT2D eigenvalue weighted by Gasteiger charge is 2.29. The number of benzene rings is 1. The summed E-state index contributed by atoms with van der Waals surface area (Å²) in [6.07, 6.45) is 7.85. The SMILES string of the molecule is COc1cccc([C@H](C)N(C(=O)CC2CCC2)c2cnn(C)c2)c1. The van der Waals surface area contributed by atoms with Crippen molar-refractivity contribution in [3.8, 4) is 5.75 Å². The molecule has 1 amide bonds. The normalized spacial score (nSPS) is 15.6. The summed E-state index contributed by atoms with van der Waals surface area (Å²) in [5.74, 6) is 1.51. The number of aromatic nitrogens is 2. The fraction of sp³-hybridized carbons (Fsp3) is 0.474. The van der Waals surface area contributed by atoms with E-state index in [0.717, 1.165) is 17.0 Å². The molecule has 0 unspecified atom stereocenters. The topological polar surface area (TPSA) is 47.4 Å². The number of anilines is 1. The molecule has 2 aromatic rings. The maximum absolute atomic E-state index is 13.0. The molecule has 1 aromatic heterocycles. The third kappa shape index (κ3) is 3.45. The zero-order chi connectivity index (χ0) is 17.1. The Morgan fingerprint density at radius 3 is 2.83 bits per heavy atom.